The van der Waals surface area contributed by atoms with Gasteiger partial charge in [0.25, 0.3) is 5.91 Å². The third-order valence-electron chi connectivity index (χ3n) is 4.09. The van der Waals surface area contributed by atoms with Crippen LogP contribution in [0, 0.1) is 5.82 Å². The minimum Gasteiger partial charge on any atom is -0.372 e. The Kier molecular flexibility index (Phi) is 5.03. The molecule has 1 unspecified atom stereocenters. The molecule has 1 fully saturated rings. The molecule has 0 spiro atoms. The first-order chi connectivity index (χ1) is 11.2. The number of piperidine rings is 1. The molecule has 0 saturated carbocycles. The molecule has 0 N–H and O–H groups in total. The van der Waals surface area contributed by atoms with Crippen LogP contribution in [0.15, 0.2) is 54.6 Å². The molecule has 0 radical (unpaired) electrons. The summed E-state index contributed by atoms with van der Waals surface area (Å²) in [5.74, 6) is -0.387. The highest BCUT2D eigenvalue weighted by atomic mass is 19.1. The van der Waals surface area contributed by atoms with Gasteiger partial charge in [-0.2, -0.15) is 0 Å². The Balaban J connectivity index is 1.57. The van der Waals surface area contributed by atoms with Crippen molar-refractivity contribution < 1.29 is 13.9 Å². The normalized spacial score (nSPS) is 18.0. The van der Waals surface area contributed by atoms with Crippen LogP contribution >= 0.6 is 0 Å². The first-order valence-electron chi connectivity index (χ1n) is 7.93. The fraction of sp³-hybridized carbons (Fsp3) is 0.316. The van der Waals surface area contributed by atoms with Gasteiger partial charge in [0.2, 0.25) is 0 Å². The van der Waals surface area contributed by atoms with Gasteiger partial charge in [-0.05, 0) is 42.7 Å². The summed E-state index contributed by atoms with van der Waals surface area (Å²) in [5, 5.41) is 0. The molecule has 23 heavy (non-hydrogen) atoms. The number of nitrogens with zero attached hydrogens (tertiary/aromatic N) is 1. The summed E-state index contributed by atoms with van der Waals surface area (Å²) in [4.78, 5) is 14.3. The standard InChI is InChI=1S/C19H20FNO2/c20-17-10-8-16(9-11-17)19(22)21-12-4-7-18(13-21)23-14-15-5-2-1-3-6-15/h1-3,5-6,8-11,18H,4,7,12-14H2. The van der Waals surface area contributed by atoms with Crippen molar-refractivity contribution >= 4 is 5.91 Å². The second kappa shape index (κ2) is 7.38. The van der Waals surface area contributed by atoms with Crippen LogP contribution in [0.1, 0.15) is 28.8 Å². The van der Waals surface area contributed by atoms with E-state index in [1.165, 1.54) is 24.3 Å². The molecule has 2 aromatic rings. The topological polar surface area (TPSA) is 29.5 Å². The first kappa shape index (κ1) is 15.7. The van der Waals surface area contributed by atoms with E-state index in [-0.39, 0.29) is 17.8 Å². The predicted molar refractivity (Wildman–Crippen MR) is 86.6 cm³/mol. The smallest absolute Gasteiger partial charge is 0.253 e. The van der Waals surface area contributed by atoms with Gasteiger partial charge in [0.05, 0.1) is 12.7 Å². The van der Waals surface area contributed by atoms with Gasteiger partial charge in [-0.25, -0.2) is 4.39 Å². The number of carbonyl (C=O) groups excluding carboxylic acids is 1. The minimum absolute atomic E-state index is 0.0494. The Morgan fingerprint density at radius 2 is 1.87 bits per heavy atom. The van der Waals surface area contributed by atoms with Crippen molar-refractivity contribution in [1.82, 2.24) is 4.90 Å². The van der Waals surface area contributed by atoms with Gasteiger partial charge in [0, 0.05) is 18.7 Å². The van der Waals surface area contributed by atoms with Gasteiger partial charge >= 0.3 is 0 Å². The van der Waals surface area contributed by atoms with E-state index >= 15 is 0 Å². The number of amides is 1. The van der Waals surface area contributed by atoms with Crippen LogP contribution in [0.5, 0.6) is 0 Å². The maximum Gasteiger partial charge on any atom is 0.253 e. The predicted octanol–water partition coefficient (Wildman–Crippen LogP) is 3.65. The van der Waals surface area contributed by atoms with Crippen molar-refractivity contribution in [2.45, 2.75) is 25.6 Å². The molecule has 120 valence electrons. The third-order valence-corrected chi connectivity index (χ3v) is 4.09. The molecule has 2 aromatic carbocycles. The molecule has 1 saturated heterocycles. The van der Waals surface area contributed by atoms with Crippen molar-refractivity contribution in [3.63, 3.8) is 0 Å². The van der Waals surface area contributed by atoms with E-state index in [4.69, 9.17) is 4.74 Å². The molecule has 1 aliphatic heterocycles. The van der Waals surface area contributed by atoms with Crippen LogP contribution in [0.2, 0.25) is 0 Å². The van der Waals surface area contributed by atoms with E-state index in [0.717, 1.165) is 24.9 Å². The highest BCUT2D eigenvalue weighted by Crippen LogP contribution is 2.17. The van der Waals surface area contributed by atoms with Gasteiger partial charge in [0.15, 0.2) is 0 Å². The van der Waals surface area contributed by atoms with Crippen LogP contribution in [-0.4, -0.2) is 30.0 Å². The lowest BCUT2D eigenvalue weighted by Gasteiger charge is -2.32. The van der Waals surface area contributed by atoms with E-state index in [1.807, 2.05) is 30.3 Å². The van der Waals surface area contributed by atoms with Crippen molar-refractivity contribution in [3.05, 3.63) is 71.5 Å². The molecule has 0 aromatic heterocycles. The molecule has 0 aliphatic carbocycles. The second-order valence-electron chi connectivity index (χ2n) is 5.82. The van der Waals surface area contributed by atoms with Gasteiger partial charge in [-0.1, -0.05) is 30.3 Å². The van der Waals surface area contributed by atoms with Gasteiger partial charge in [-0.15, -0.1) is 0 Å². The minimum atomic E-state index is -0.329. The van der Waals surface area contributed by atoms with E-state index < -0.39 is 0 Å². The SMILES string of the molecule is O=C(c1ccc(F)cc1)N1CCCC(OCc2ccccc2)C1. The van der Waals surface area contributed by atoms with Crippen LogP contribution in [0.3, 0.4) is 0 Å². The monoisotopic (exact) mass is 313 g/mol. The molecule has 1 heterocycles. The molecule has 1 amide bonds. The summed E-state index contributed by atoms with van der Waals surface area (Å²) in [6.07, 6.45) is 1.93. The zero-order chi connectivity index (χ0) is 16.1. The maximum atomic E-state index is 13.0. The van der Waals surface area contributed by atoms with E-state index in [1.54, 1.807) is 4.90 Å². The Labute approximate surface area is 135 Å². The maximum absolute atomic E-state index is 13.0. The first-order valence-corrected chi connectivity index (χ1v) is 7.93. The molecule has 0 bridgehead atoms. The molecule has 1 atom stereocenters. The molecule has 3 rings (SSSR count). The average Bonchev–Trinajstić information content (AvgIpc) is 2.61. The number of rotatable bonds is 4. The summed E-state index contributed by atoms with van der Waals surface area (Å²) in [6, 6.07) is 15.7. The Hall–Kier alpha value is -2.20. The number of ether oxygens (including phenoxy) is 1. The molecular formula is C19H20FNO2. The average molecular weight is 313 g/mol. The Bertz CT molecular complexity index is 642. The second-order valence-corrected chi connectivity index (χ2v) is 5.82. The fourth-order valence-corrected chi connectivity index (χ4v) is 2.82. The summed E-state index contributed by atoms with van der Waals surface area (Å²) < 4.78 is 18.9. The van der Waals surface area contributed by atoms with Crippen LogP contribution in [0.4, 0.5) is 4.39 Å². The van der Waals surface area contributed by atoms with Crippen molar-refractivity contribution in [2.24, 2.45) is 0 Å². The van der Waals surface area contributed by atoms with Crippen molar-refractivity contribution in [1.29, 1.82) is 0 Å². The van der Waals surface area contributed by atoms with E-state index in [2.05, 4.69) is 0 Å². The summed E-state index contributed by atoms with van der Waals surface area (Å²) in [7, 11) is 0. The number of hydrogen-bond acceptors (Lipinski definition) is 2. The van der Waals surface area contributed by atoms with Gasteiger partial charge < -0.3 is 9.64 Å². The molecule has 1 aliphatic rings. The number of benzene rings is 2. The van der Waals surface area contributed by atoms with Crippen molar-refractivity contribution in [2.75, 3.05) is 13.1 Å². The lowest BCUT2D eigenvalue weighted by atomic mass is 10.1. The molecular weight excluding hydrogens is 293 g/mol. The quantitative estimate of drug-likeness (QED) is 0.862. The summed E-state index contributed by atoms with van der Waals surface area (Å²) in [6.45, 7) is 1.87. The number of likely N-dealkylation sites (tertiary alicyclic amines) is 1. The van der Waals surface area contributed by atoms with Gasteiger partial charge in [-0.3, -0.25) is 4.79 Å². The van der Waals surface area contributed by atoms with Crippen LogP contribution in [0.25, 0.3) is 0 Å². The Morgan fingerprint density at radius 3 is 2.61 bits per heavy atom. The summed E-state index contributed by atoms with van der Waals surface area (Å²) >= 11 is 0. The zero-order valence-electron chi connectivity index (χ0n) is 13.0. The lowest BCUT2D eigenvalue weighted by Crippen LogP contribution is -2.43. The van der Waals surface area contributed by atoms with Crippen LogP contribution in [-0.2, 0) is 11.3 Å². The number of carbonyl (C=O) groups is 1. The molecule has 4 heteroatoms. The largest absolute Gasteiger partial charge is 0.372 e. The fourth-order valence-electron chi connectivity index (χ4n) is 2.82. The van der Waals surface area contributed by atoms with Crippen LogP contribution < -0.4 is 0 Å². The summed E-state index contributed by atoms with van der Waals surface area (Å²) in [5.41, 5.74) is 1.66. The molecule has 3 nitrogen and oxygen atoms in total. The van der Waals surface area contributed by atoms with Gasteiger partial charge in [0.1, 0.15) is 5.82 Å². The number of hydrogen-bond donors (Lipinski definition) is 0. The Morgan fingerprint density at radius 1 is 1.13 bits per heavy atom. The highest BCUT2D eigenvalue weighted by Gasteiger charge is 2.25. The highest BCUT2D eigenvalue weighted by molar-refractivity contribution is 5.94. The van der Waals surface area contributed by atoms with E-state index in [0.29, 0.717) is 18.7 Å². The third kappa shape index (κ3) is 4.17. The van der Waals surface area contributed by atoms with E-state index in [9.17, 15) is 9.18 Å². The zero-order valence-corrected chi connectivity index (χ0v) is 13.0. The van der Waals surface area contributed by atoms with Crippen molar-refractivity contribution in [3.8, 4) is 0 Å². The number of halogens is 1. The lowest BCUT2D eigenvalue weighted by molar-refractivity contribution is -0.00672.